The summed E-state index contributed by atoms with van der Waals surface area (Å²) in [5, 5.41) is 16.7. The van der Waals surface area contributed by atoms with Crippen LogP contribution in [0.1, 0.15) is 6.92 Å². The molecule has 9 heteroatoms. The normalized spacial score (nSPS) is 16.4. The summed E-state index contributed by atoms with van der Waals surface area (Å²) in [4.78, 5) is 31.7. The van der Waals surface area contributed by atoms with Gasteiger partial charge in [-0.2, -0.15) is 0 Å². The van der Waals surface area contributed by atoms with Crippen molar-refractivity contribution in [2.75, 3.05) is 36.4 Å². The SMILES string of the molecule is C[C@@H](C(=O)Nc1ccccc1[N+](=O)[O-])N1CCN(c2nccs2)CC1. The summed E-state index contributed by atoms with van der Waals surface area (Å²) in [5.41, 5.74) is 0.127. The Kier molecular flexibility index (Phi) is 5.25. The third-order valence-electron chi connectivity index (χ3n) is 4.29. The van der Waals surface area contributed by atoms with Gasteiger partial charge in [0.2, 0.25) is 5.91 Å². The predicted molar refractivity (Wildman–Crippen MR) is 97.1 cm³/mol. The highest BCUT2D eigenvalue weighted by atomic mass is 32.1. The van der Waals surface area contributed by atoms with E-state index in [-0.39, 0.29) is 23.3 Å². The van der Waals surface area contributed by atoms with E-state index in [2.05, 4.69) is 20.1 Å². The van der Waals surface area contributed by atoms with Crippen LogP contribution in [0.25, 0.3) is 0 Å². The number of rotatable bonds is 5. The highest BCUT2D eigenvalue weighted by Crippen LogP contribution is 2.24. The summed E-state index contributed by atoms with van der Waals surface area (Å²) in [6, 6.07) is 5.81. The molecule has 25 heavy (non-hydrogen) atoms. The van der Waals surface area contributed by atoms with Crippen molar-refractivity contribution in [3.05, 3.63) is 46.0 Å². The zero-order valence-corrected chi connectivity index (χ0v) is 14.6. The molecule has 1 aromatic carbocycles. The highest BCUT2D eigenvalue weighted by Gasteiger charge is 2.27. The van der Waals surface area contributed by atoms with Crippen LogP contribution >= 0.6 is 11.3 Å². The number of benzene rings is 1. The number of anilines is 2. The maximum absolute atomic E-state index is 12.5. The Balaban J connectivity index is 1.59. The number of thiazole rings is 1. The average molecular weight is 361 g/mol. The fourth-order valence-electron chi connectivity index (χ4n) is 2.81. The molecule has 1 aromatic heterocycles. The van der Waals surface area contributed by atoms with Crippen molar-refractivity contribution in [3.63, 3.8) is 0 Å². The molecule has 1 fully saturated rings. The summed E-state index contributed by atoms with van der Waals surface area (Å²) in [6.07, 6.45) is 1.79. The molecule has 132 valence electrons. The van der Waals surface area contributed by atoms with E-state index < -0.39 is 4.92 Å². The van der Waals surface area contributed by atoms with Gasteiger partial charge in [-0.3, -0.25) is 19.8 Å². The van der Waals surface area contributed by atoms with Gasteiger partial charge in [0.25, 0.3) is 5.69 Å². The largest absolute Gasteiger partial charge is 0.346 e. The lowest BCUT2D eigenvalue weighted by atomic mass is 10.2. The van der Waals surface area contributed by atoms with E-state index in [4.69, 9.17) is 0 Å². The van der Waals surface area contributed by atoms with Crippen LogP contribution in [-0.4, -0.2) is 52.9 Å². The zero-order valence-electron chi connectivity index (χ0n) is 13.8. The minimum atomic E-state index is -0.493. The van der Waals surface area contributed by atoms with Crippen molar-refractivity contribution in [1.82, 2.24) is 9.88 Å². The molecule has 1 aliphatic rings. The molecule has 1 saturated heterocycles. The molecular formula is C16H19N5O3S. The van der Waals surface area contributed by atoms with Gasteiger partial charge in [0, 0.05) is 43.8 Å². The summed E-state index contributed by atoms with van der Waals surface area (Å²) >= 11 is 1.60. The Hall–Kier alpha value is -2.52. The number of carbonyl (C=O) groups is 1. The van der Waals surface area contributed by atoms with Gasteiger partial charge in [-0.25, -0.2) is 4.98 Å². The van der Waals surface area contributed by atoms with Crippen LogP contribution in [0, 0.1) is 10.1 Å². The number of nitrogens with zero attached hydrogens (tertiary/aromatic N) is 4. The van der Waals surface area contributed by atoms with Gasteiger partial charge in [0.15, 0.2) is 5.13 Å². The number of aromatic nitrogens is 1. The van der Waals surface area contributed by atoms with Gasteiger partial charge in [0.1, 0.15) is 5.69 Å². The van der Waals surface area contributed by atoms with Crippen LogP contribution in [0.4, 0.5) is 16.5 Å². The highest BCUT2D eigenvalue weighted by molar-refractivity contribution is 7.13. The van der Waals surface area contributed by atoms with Gasteiger partial charge in [0.05, 0.1) is 11.0 Å². The molecule has 8 nitrogen and oxygen atoms in total. The Labute approximate surface area is 149 Å². The Morgan fingerprint density at radius 2 is 2.04 bits per heavy atom. The Morgan fingerprint density at radius 1 is 1.32 bits per heavy atom. The molecule has 0 saturated carbocycles. The molecule has 0 bridgehead atoms. The minimum absolute atomic E-state index is 0.100. The fraction of sp³-hybridized carbons (Fsp3) is 0.375. The number of nitro benzene ring substituents is 1. The molecule has 1 amide bonds. The number of amides is 1. The van der Waals surface area contributed by atoms with Crippen LogP contribution in [-0.2, 0) is 4.79 Å². The fourth-order valence-corrected chi connectivity index (χ4v) is 3.51. The lowest BCUT2D eigenvalue weighted by Gasteiger charge is -2.37. The molecule has 3 rings (SSSR count). The Morgan fingerprint density at radius 3 is 2.68 bits per heavy atom. The van der Waals surface area contributed by atoms with E-state index in [0.29, 0.717) is 0 Å². The second kappa shape index (κ2) is 7.58. The molecule has 1 N–H and O–H groups in total. The number of hydrogen-bond donors (Lipinski definition) is 1. The van der Waals surface area contributed by atoms with Crippen molar-refractivity contribution in [3.8, 4) is 0 Å². The average Bonchev–Trinajstić information content (AvgIpc) is 3.16. The van der Waals surface area contributed by atoms with Crippen molar-refractivity contribution in [2.45, 2.75) is 13.0 Å². The summed E-state index contributed by atoms with van der Waals surface area (Å²) in [7, 11) is 0. The molecule has 1 aliphatic heterocycles. The van der Waals surface area contributed by atoms with Crippen molar-refractivity contribution in [2.24, 2.45) is 0 Å². The maximum atomic E-state index is 12.5. The number of carbonyl (C=O) groups excluding carboxylic acids is 1. The van der Waals surface area contributed by atoms with Gasteiger partial charge in [-0.1, -0.05) is 12.1 Å². The van der Waals surface area contributed by atoms with E-state index in [1.165, 1.54) is 6.07 Å². The number of hydrogen-bond acceptors (Lipinski definition) is 7. The van der Waals surface area contributed by atoms with Crippen LogP contribution in [0.2, 0.25) is 0 Å². The first kappa shape index (κ1) is 17.3. The molecule has 0 spiro atoms. The van der Waals surface area contributed by atoms with Gasteiger partial charge in [-0.15, -0.1) is 11.3 Å². The molecule has 1 atom stereocenters. The lowest BCUT2D eigenvalue weighted by Crippen LogP contribution is -2.52. The quantitative estimate of drug-likeness (QED) is 0.648. The van der Waals surface area contributed by atoms with Crippen LogP contribution in [0.15, 0.2) is 35.8 Å². The first-order valence-corrected chi connectivity index (χ1v) is 8.87. The monoisotopic (exact) mass is 361 g/mol. The van der Waals surface area contributed by atoms with Crippen molar-refractivity contribution in [1.29, 1.82) is 0 Å². The van der Waals surface area contributed by atoms with Gasteiger partial charge < -0.3 is 10.2 Å². The van der Waals surface area contributed by atoms with Crippen LogP contribution < -0.4 is 10.2 Å². The molecule has 0 radical (unpaired) electrons. The molecule has 0 unspecified atom stereocenters. The number of piperazine rings is 1. The maximum Gasteiger partial charge on any atom is 0.292 e. The smallest absolute Gasteiger partial charge is 0.292 e. The van der Waals surface area contributed by atoms with Crippen LogP contribution in [0.3, 0.4) is 0 Å². The second-order valence-electron chi connectivity index (χ2n) is 5.78. The van der Waals surface area contributed by atoms with E-state index >= 15 is 0 Å². The van der Waals surface area contributed by atoms with Gasteiger partial charge in [-0.05, 0) is 13.0 Å². The number of nitrogens with one attached hydrogen (secondary N) is 1. The van der Waals surface area contributed by atoms with Crippen molar-refractivity contribution < 1.29 is 9.72 Å². The standard InChI is InChI=1S/C16H19N5O3S/c1-12(15(22)18-13-4-2-3-5-14(13)21(23)24)19-7-9-20(10-8-19)16-17-6-11-25-16/h2-6,11-12H,7-10H2,1H3,(H,18,22)/t12-/m0/s1. The predicted octanol–water partition coefficient (Wildman–Crippen LogP) is 2.20. The summed E-state index contributed by atoms with van der Waals surface area (Å²) < 4.78 is 0. The van der Waals surface area contributed by atoms with Crippen molar-refractivity contribution >= 4 is 33.8 Å². The molecular weight excluding hydrogens is 342 g/mol. The molecule has 2 aromatic rings. The molecule has 0 aliphatic carbocycles. The third kappa shape index (κ3) is 3.94. The van der Waals surface area contributed by atoms with Gasteiger partial charge >= 0.3 is 0 Å². The van der Waals surface area contributed by atoms with E-state index in [0.717, 1.165) is 31.3 Å². The minimum Gasteiger partial charge on any atom is -0.346 e. The Bertz CT molecular complexity index is 744. The lowest BCUT2D eigenvalue weighted by molar-refractivity contribution is -0.383. The number of para-hydroxylation sites is 2. The zero-order chi connectivity index (χ0) is 17.8. The molecule has 2 heterocycles. The first-order chi connectivity index (χ1) is 12.1. The van der Waals surface area contributed by atoms with Crippen LogP contribution in [0.5, 0.6) is 0 Å². The first-order valence-electron chi connectivity index (χ1n) is 7.99. The second-order valence-corrected chi connectivity index (χ2v) is 6.65. The van der Waals surface area contributed by atoms with E-state index in [9.17, 15) is 14.9 Å². The van der Waals surface area contributed by atoms with E-state index in [1.54, 1.807) is 35.7 Å². The summed E-state index contributed by atoms with van der Waals surface area (Å²) in [6.45, 7) is 4.91. The van der Waals surface area contributed by atoms with E-state index in [1.807, 2.05) is 12.3 Å². The third-order valence-corrected chi connectivity index (χ3v) is 5.12. The topological polar surface area (TPSA) is 91.6 Å². The summed E-state index contributed by atoms with van der Waals surface area (Å²) in [5.74, 6) is -0.239. The number of nitro groups is 1.